The molecule has 1 aliphatic rings. The van der Waals surface area contributed by atoms with Crippen LogP contribution >= 0.6 is 0 Å². The molecule has 3 aromatic rings. The Bertz CT molecular complexity index is 906. The van der Waals surface area contributed by atoms with Crippen molar-refractivity contribution in [1.29, 1.82) is 0 Å². The highest BCUT2D eigenvalue weighted by molar-refractivity contribution is 6.10. The first-order valence-electron chi connectivity index (χ1n) is 8.01. The minimum absolute atomic E-state index is 0.288. The summed E-state index contributed by atoms with van der Waals surface area (Å²) in [6, 6.07) is 12.3. The zero-order valence-electron chi connectivity index (χ0n) is 12.9. The van der Waals surface area contributed by atoms with Crippen molar-refractivity contribution in [3.8, 4) is 0 Å². The Morgan fingerprint density at radius 3 is 2.35 bits per heavy atom. The Hall–Kier alpha value is -2.03. The highest BCUT2D eigenvalue weighted by atomic mass is 19.4. The lowest BCUT2D eigenvalue weighted by atomic mass is 9.80. The van der Waals surface area contributed by atoms with E-state index in [1.807, 2.05) is 12.1 Å². The van der Waals surface area contributed by atoms with E-state index in [1.54, 1.807) is 18.2 Å². The number of fused-ring (bicyclic) bond motifs is 5. The van der Waals surface area contributed by atoms with Crippen molar-refractivity contribution in [3.63, 3.8) is 0 Å². The lowest BCUT2D eigenvalue weighted by Crippen LogP contribution is -2.10. The van der Waals surface area contributed by atoms with Crippen molar-refractivity contribution in [2.75, 3.05) is 0 Å². The summed E-state index contributed by atoms with van der Waals surface area (Å²) in [6.07, 6.45) is -1.22. The summed E-state index contributed by atoms with van der Waals surface area (Å²) in [7, 11) is 0. The van der Waals surface area contributed by atoms with Crippen molar-refractivity contribution in [2.24, 2.45) is 0 Å². The fraction of sp³-hybridized carbons (Fsp3) is 0.300. The van der Waals surface area contributed by atoms with Crippen LogP contribution in [-0.4, -0.2) is 0 Å². The molecule has 0 aliphatic heterocycles. The van der Waals surface area contributed by atoms with Crippen molar-refractivity contribution in [3.05, 3.63) is 59.2 Å². The van der Waals surface area contributed by atoms with E-state index in [9.17, 15) is 13.2 Å². The molecule has 0 radical (unpaired) electrons. The van der Waals surface area contributed by atoms with Crippen LogP contribution in [0, 0.1) is 0 Å². The van der Waals surface area contributed by atoms with Gasteiger partial charge in [0.25, 0.3) is 0 Å². The second-order valence-corrected chi connectivity index (χ2v) is 6.49. The van der Waals surface area contributed by atoms with Crippen LogP contribution in [0.15, 0.2) is 42.5 Å². The van der Waals surface area contributed by atoms with E-state index < -0.39 is 11.7 Å². The molecule has 3 heteroatoms. The van der Waals surface area contributed by atoms with Crippen LogP contribution in [0.3, 0.4) is 0 Å². The predicted molar refractivity (Wildman–Crippen MR) is 87.8 cm³/mol. The lowest BCUT2D eigenvalue weighted by molar-refractivity contribution is -0.136. The highest BCUT2D eigenvalue weighted by Gasteiger charge is 2.34. The quantitative estimate of drug-likeness (QED) is 0.418. The number of rotatable bonds is 0. The fourth-order valence-electron chi connectivity index (χ4n) is 4.02. The number of benzene rings is 3. The van der Waals surface area contributed by atoms with Crippen LogP contribution in [0.25, 0.3) is 21.5 Å². The molecule has 0 saturated heterocycles. The SMILES string of the molecule is C[C@@H]1CCCc2ccc3c(cc(C(F)(F)F)c4ccccc43)c21. The maximum absolute atomic E-state index is 13.6. The minimum Gasteiger partial charge on any atom is -0.166 e. The first-order valence-corrected chi connectivity index (χ1v) is 8.01. The van der Waals surface area contributed by atoms with Gasteiger partial charge in [0.05, 0.1) is 5.56 Å². The van der Waals surface area contributed by atoms with Gasteiger partial charge in [-0.2, -0.15) is 13.2 Å². The van der Waals surface area contributed by atoms with E-state index in [0.717, 1.165) is 35.6 Å². The number of alkyl halides is 3. The molecule has 0 aromatic heterocycles. The maximum Gasteiger partial charge on any atom is 0.417 e. The Kier molecular flexibility index (Phi) is 3.15. The summed E-state index contributed by atoms with van der Waals surface area (Å²) in [5, 5.41) is 2.69. The number of halogens is 3. The predicted octanol–water partition coefficient (Wildman–Crippen LogP) is 6.45. The highest BCUT2D eigenvalue weighted by Crippen LogP contribution is 2.43. The summed E-state index contributed by atoms with van der Waals surface area (Å²) in [6.45, 7) is 2.12. The summed E-state index contributed by atoms with van der Waals surface area (Å²) in [4.78, 5) is 0. The number of aryl methyl sites for hydroxylation is 1. The number of hydrogen-bond donors (Lipinski definition) is 0. The summed E-state index contributed by atoms with van der Waals surface area (Å²) in [5.74, 6) is 0.310. The summed E-state index contributed by atoms with van der Waals surface area (Å²) < 4.78 is 40.7. The third-order valence-electron chi connectivity index (χ3n) is 5.06. The van der Waals surface area contributed by atoms with Gasteiger partial charge < -0.3 is 0 Å². The zero-order chi connectivity index (χ0) is 16.2. The second kappa shape index (κ2) is 4.98. The maximum atomic E-state index is 13.6. The Morgan fingerprint density at radius 1 is 0.913 bits per heavy atom. The van der Waals surface area contributed by atoms with Crippen LogP contribution in [0.5, 0.6) is 0 Å². The average molecular weight is 314 g/mol. The van der Waals surface area contributed by atoms with Gasteiger partial charge in [0.1, 0.15) is 0 Å². The molecular formula is C20H17F3. The third kappa shape index (κ3) is 2.21. The molecule has 0 heterocycles. The largest absolute Gasteiger partial charge is 0.417 e. The summed E-state index contributed by atoms with van der Waals surface area (Å²) >= 11 is 0. The van der Waals surface area contributed by atoms with Gasteiger partial charge in [-0.25, -0.2) is 0 Å². The van der Waals surface area contributed by atoms with E-state index >= 15 is 0 Å². The Morgan fingerprint density at radius 2 is 1.61 bits per heavy atom. The second-order valence-electron chi connectivity index (χ2n) is 6.49. The zero-order valence-corrected chi connectivity index (χ0v) is 12.9. The molecule has 0 nitrogen and oxygen atoms in total. The van der Waals surface area contributed by atoms with Gasteiger partial charge in [0, 0.05) is 0 Å². The molecular weight excluding hydrogens is 297 g/mol. The molecule has 118 valence electrons. The molecule has 23 heavy (non-hydrogen) atoms. The fourth-order valence-corrected chi connectivity index (χ4v) is 4.02. The molecule has 1 aliphatic carbocycles. The van der Waals surface area contributed by atoms with Gasteiger partial charge in [0.2, 0.25) is 0 Å². The molecule has 1 atom stereocenters. The van der Waals surface area contributed by atoms with Gasteiger partial charge in [-0.15, -0.1) is 0 Å². The van der Waals surface area contributed by atoms with Gasteiger partial charge in [-0.3, -0.25) is 0 Å². The monoisotopic (exact) mass is 314 g/mol. The van der Waals surface area contributed by atoms with E-state index in [0.29, 0.717) is 11.3 Å². The van der Waals surface area contributed by atoms with Crippen molar-refractivity contribution >= 4 is 21.5 Å². The first kappa shape index (κ1) is 14.6. The Labute approximate surface area is 132 Å². The van der Waals surface area contributed by atoms with Crippen LogP contribution in [0.1, 0.15) is 42.4 Å². The number of hydrogen-bond acceptors (Lipinski definition) is 0. The Balaban J connectivity index is 2.19. The van der Waals surface area contributed by atoms with Crippen LogP contribution in [0.2, 0.25) is 0 Å². The third-order valence-corrected chi connectivity index (χ3v) is 5.06. The molecule has 0 saturated carbocycles. The van der Waals surface area contributed by atoms with E-state index in [2.05, 4.69) is 13.0 Å². The lowest BCUT2D eigenvalue weighted by Gasteiger charge is -2.25. The smallest absolute Gasteiger partial charge is 0.166 e. The summed E-state index contributed by atoms with van der Waals surface area (Å²) in [5.41, 5.74) is 1.80. The molecule has 0 amide bonds. The molecule has 0 unspecified atom stereocenters. The van der Waals surface area contributed by atoms with Crippen LogP contribution in [0.4, 0.5) is 13.2 Å². The molecule has 0 fully saturated rings. The van der Waals surface area contributed by atoms with E-state index in [4.69, 9.17) is 0 Å². The van der Waals surface area contributed by atoms with Gasteiger partial charge >= 0.3 is 6.18 Å². The van der Waals surface area contributed by atoms with Crippen molar-refractivity contribution < 1.29 is 13.2 Å². The topological polar surface area (TPSA) is 0 Å². The van der Waals surface area contributed by atoms with Crippen molar-refractivity contribution in [1.82, 2.24) is 0 Å². The normalized spacial score (nSPS) is 18.3. The van der Waals surface area contributed by atoms with Crippen molar-refractivity contribution in [2.45, 2.75) is 38.3 Å². The molecule has 4 rings (SSSR count). The minimum atomic E-state index is -4.34. The molecule has 3 aromatic carbocycles. The van der Waals surface area contributed by atoms with E-state index in [-0.39, 0.29) is 5.39 Å². The van der Waals surface area contributed by atoms with Gasteiger partial charge in [-0.1, -0.05) is 43.3 Å². The average Bonchev–Trinajstić information content (AvgIpc) is 2.52. The molecule has 0 spiro atoms. The van der Waals surface area contributed by atoms with Gasteiger partial charge in [-0.05, 0) is 63.9 Å². The molecule has 0 N–H and O–H groups in total. The van der Waals surface area contributed by atoms with E-state index in [1.165, 1.54) is 11.6 Å². The van der Waals surface area contributed by atoms with Crippen LogP contribution in [-0.2, 0) is 12.6 Å². The molecule has 0 bridgehead atoms. The van der Waals surface area contributed by atoms with Crippen LogP contribution < -0.4 is 0 Å². The standard InChI is InChI=1S/C20H17F3/c1-12-5-4-6-13-9-10-15-14-7-2-3-8-16(14)18(20(21,22)23)11-17(15)19(12)13/h2-3,7-12H,4-6H2,1H3/t12-/m1/s1. The van der Waals surface area contributed by atoms with Gasteiger partial charge in [0.15, 0.2) is 0 Å². The first-order chi connectivity index (χ1) is 11.0.